The fraction of sp³-hybridized carbons (Fsp3) is 0.120. The molecule has 0 aliphatic carbocycles. The smallest absolute Gasteiger partial charge is 0.240 e. The second-order valence-electron chi connectivity index (χ2n) is 7.26. The van der Waals surface area contributed by atoms with Crippen LogP contribution in [0.15, 0.2) is 93.3 Å². The molecule has 4 rings (SSSR count). The molecule has 0 saturated heterocycles. The van der Waals surface area contributed by atoms with Crippen LogP contribution in [-0.2, 0) is 10.0 Å². The zero-order valence-corrected chi connectivity index (χ0v) is 20.1. The monoisotopic (exact) mass is 493 g/mol. The van der Waals surface area contributed by atoms with Gasteiger partial charge < -0.3 is 0 Å². The molecule has 0 spiro atoms. The number of hydrogen-bond acceptors (Lipinski definition) is 4. The molecule has 5 nitrogen and oxygen atoms in total. The average Bonchev–Trinajstić information content (AvgIpc) is 3.29. The van der Waals surface area contributed by atoms with E-state index in [9.17, 15) is 8.42 Å². The van der Waals surface area contributed by atoms with Gasteiger partial charge in [-0.3, -0.25) is 0 Å². The molecule has 1 unspecified atom stereocenters. The Hall–Kier alpha value is -3.05. The number of amidine groups is 1. The van der Waals surface area contributed by atoms with Crippen LogP contribution in [0.2, 0.25) is 5.02 Å². The second-order valence-corrected chi connectivity index (χ2v) is 10.1. The van der Waals surface area contributed by atoms with E-state index in [1.165, 1.54) is 23.9 Å². The molecule has 0 radical (unpaired) electrons. The summed E-state index contributed by atoms with van der Waals surface area (Å²) in [6.45, 7) is 0.460. The van der Waals surface area contributed by atoms with Crippen molar-refractivity contribution in [2.75, 3.05) is 12.8 Å². The maximum Gasteiger partial charge on any atom is 0.284 e. The predicted octanol–water partition coefficient (Wildman–Crippen LogP) is 5.23. The van der Waals surface area contributed by atoms with Crippen LogP contribution in [0.3, 0.4) is 0 Å². The minimum atomic E-state index is -3.97. The van der Waals surface area contributed by atoms with Gasteiger partial charge in [0.05, 0.1) is 17.2 Å². The van der Waals surface area contributed by atoms with Crippen LogP contribution in [-0.4, -0.2) is 37.1 Å². The fourth-order valence-electron chi connectivity index (χ4n) is 3.54. The average molecular weight is 494 g/mol. The van der Waals surface area contributed by atoms with E-state index < -0.39 is 10.0 Å². The first-order chi connectivity index (χ1) is 15.9. The molecule has 0 fully saturated rings. The topological polar surface area (TPSA) is 62.1 Å². The van der Waals surface area contributed by atoms with E-state index in [4.69, 9.17) is 23.1 Å². The van der Waals surface area contributed by atoms with Crippen molar-refractivity contribution in [3.63, 3.8) is 0 Å². The molecule has 0 aromatic heterocycles. The molecule has 33 heavy (non-hydrogen) atoms. The molecule has 3 aromatic rings. The lowest BCUT2D eigenvalue weighted by Crippen LogP contribution is -2.24. The van der Waals surface area contributed by atoms with E-state index in [1.54, 1.807) is 23.4 Å². The van der Waals surface area contributed by atoms with Gasteiger partial charge in [-0.25, -0.2) is 5.01 Å². The molecule has 1 heterocycles. The molecule has 1 atom stereocenters. The maximum atomic E-state index is 13.0. The number of hydrazone groups is 1. The van der Waals surface area contributed by atoms with Crippen molar-refractivity contribution in [2.45, 2.75) is 10.8 Å². The van der Waals surface area contributed by atoms with Crippen molar-refractivity contribution in [2.24, 2.45) is 9.50 Å². The van der Waals surface area contributed by atoms with E-state index in [1.807, 2.05) is 54.6 Å². The molecule has 0 N–H and O–H groups in total. The van der Waals surface area contributed by atoms with Gasteiger partial charge in [0, 0.05) is 16.5 Å². The highest BCUT2D eigenvalue weighted by atomic mass is 35.5. The Morgan fingerprint density at radius 2 is 1.85 bits per heavy atom. The van der Waals surface area contributed by atoms with E-state index in [-0.39, 0.29) is 16.0 Å². The SMILES string of the molecule is C#Cc1cccc(S(=O)(=O)N=C(SC)N2CC(c3ccccc3)C(c3ccc(Cl)cc3)=N2)c1. The van der Waals surface area contributed by atoms with Crippen LogP contribution in [0, 0.1) is 12.3 Å². The molecular formula is C25H20ClN3O2S2. The molecule has 1 aliphatic heterocycles. The summed E-state index contributed by atoms with van der Waals surface area (Å²) in [5.74, 6) is 2.40. The van der Waals surface area contributed by atoms with Gasteiger partial charge in [-0.2, -0.15) is 13.5 Å². The van der Waals surface area contributed by atoms with Crippen LogP contribution in [0.1, 0.15) is 22.6 Å². The summed E-state index contributed by atoms with van der Waals surface area (Å²) in [5, 5.41) is 7.35. The Morgan fingerprint density at radius 3 is 2.52 bits per heavy atom. The first kappa shape index (κ1) is 23.1. The Morgan fingerprint density at radius 1 is 1.12 bits per heavy atom. The minimum absolute atomic E-state index is 0.0465. The van der Waals surface area contributed by atoms with Gasteiger partial charge >= 0.3 is 0 Å². The van der Waals surface area contributed by atoms with Gasteiger partial charge in [0.2, 0.25) is 0 Å². The molecule has 0 saturated carbocycles. The number of sulfonamides is 1. The number of halogens is 1. The van der Waals surface area contributed by atoms with E-state index in [0.29, 0.717) is 17.1 Å². The molecule has 0 bridgehead atoms. The van der Waals surface area contributed by atoms with Gasteiger partial charge in [0.25, 0.3) is 10.0 Å². The number of rotatable bonds is 4. The fourth-order valence-corrected chi connectivity index (χ4v) is 5.52. The standard InChI is InChI=1S/C25H20ClN3O2S2/c1-3-18-8-7-11-22(16-18)33(30,31)28-25(32-2)29-17-23(19-9-5-4-6-10-19)24(27-29)20-12-14-21(26)15-13-20/h1,4-16,23H,17H2,2H3. The first-order valence-electron chi connectivity index (χ1n) is 10.0. The zero-order valence-electron chi connectivity index (χ0n) is 17.7. The molecular weight excluding hydrogens is 474 g/mol. The third-order valence-electron chi connectivity index (χ3n) is 5.16. The summed E-state index contributed by atoms with van der Waals surface area (Å²) in [4.78, 5) is 0.0465. The van der Waals surface area contributed by atoms with E-state index in [0.717, 1.165) is 16.8 Å². The molecule has 8 heteroatoms. The summed E-state index contributed by atoms with van der Waals surface area (Å²) in [6.07, 6.45) is 7.20. The molecule has 3 aromatic carbocycles. The summed E-state index contributed by atoms with van der Waals surface area (Å²) >= 11 is 7.30. The van der Waals surface area contributed by atoms with Crippen LogP contribution in [0.5, 0.6) is 0 Å². The second kappa shape index (κ2) is 9.84. The number of benzene rings is 3. The minimum Gasteiger partial charge on any atom is -0.240 e. The lowest BCUT2D eigenvalue weighted by molar-refractivity contribution is 0.484. The van der Waals surface area contributed by atoms with Crippen molar-refractivity contribution in [3.05, 3.63) is 101 Å². The largest absolute Gasteiger partial charge is 0.284 e. The van der Waals surface area contributed by atoms with E-state index in [2.05, 4.69) is 10.3 Å². The Kier molecular flexibility index (Phi) is 6.89. The van der Waals surface area contributed by atoms with Crippen molar-refractivity contribution in [3.8, 4) is 12.3 Å². The van der Waals surface area contributed by atoms with E-state index >= 15 is 0 Å². The highest BCUT2D eigenvalue weighted by Crippen LogP contribution is 2.31. The third-order valence-corrected chi connectivity index (χ3v) is 7.45. The highest BCUT2D eigenvalue weighted by molar-refractivity contribution is 8.13. The zero-order chi connectivity index (χ0) is 23.4. The van der Waals surface area contributed by atoms with Gasteiger partial charge in [-0.1, -0.05) is 77.8 Å². The molecule has 0 amide bonds. The maximum absolute atomic E-state index is 13.0. The van der Waals surface area contributed by atoms with Crippen LogP contribution < -0.4 is 0 Å². The van der Waals surface area contributed by atoms with Gasteiger partial charge in [0.1, 0.15) is 0 Å². The van der Waals surface area contributed by atoms with Crippen molar-refractivity contribution < 1.29 is 8.42 Å². The quantitative estimate of drug-likeness (QED) is 0.283. The number of terminal acetylenes is 1. The Labute approximate surface area is 203 Å². The van der Waals surface area contributed by atoms with Crippen LogP contribution in [0.25, 0.3) is 0 Å². The summed E-state index contributed by atoms with van der Waals surface area (Å²) in [5.41, 5.74) is 3.30. The van der Waals surface area contributed by atoms with Crippen LogP contribution >= 0.6 is 23.4 Å². The third kappa shape index (κ3) is 5.14. The predicted molar refractivity (Wildman–Crippen MR) is 136 cm³/mol. The van der Waals surface area contributed by atoms with Crippen molar-refractivity contribution in [1.29, 1.82) is 0 Å². The number of thioether (sulfide) groups is 1. The summed E-state index contributed by atoms with van der Waals surface area (Å²) in [7, 11) is -3.97. The van der Waals surface area contributed by atoms with Gasteiger partial charge in [-0.15, -0.1) is 10.8 Å². The summed E-state index contributed by atoms with van der Waals surface area (Å²) < 4.78 is 30.1. The Balaban J connectivity index is 1.74. The summed E-state index contributed by atoms with van der Waals surface area (Å²) in [6, 6.07) is 23.7. The highest BCUT2D eigenvalue weighted by Gasteiger charge is 2.32. The lowest BCUT2D eigenvalue weighted by atomic mass is 9.91. The lowest BCUT2D eigenvalue weighted by Gasteiger charge is -2.17. The molecule has 1 aliphatic rings. The molecule has 166 valence electrons. The van der Waals surface area contributed by atoms with Crippen molar-refractivity contribution in [1.82, 2.24) is 5.01 Å². The van der Waals surface area contributed by atoms with Crippen molar-refractivity contribution >= 4 is 44.3 Å². The number of nitrogens with zero attached hydrogens (tertiary/aromatic N) is 3. The van der Waals surface area contributed by atoms with Crippen LogP contribution in [0.4, 0.5) is 0 Å². The first-order valence-corrected chi connectivity index (χ1v) is 13.1. The Bertz CT molecular complexity index is 1360. The van der Waals surface area contributed by atoms with Gasteiger partial charge in [0.15, 0.2) is 5.17 Å². The number of hydrogen-bond donors (Lipinski definition) is 0. The normalized spacial score (nSPS) is 16.4. The van der Waals surface area contributed by atoms with Gasteiger partial charge in [-0.05, 0) is 47.7 Å².